The van der Waals surface area contributed by atoms with Gasteiger partial charge in [0.05, 0.1) is 30.2 Å². The van der Waals surface area contributed by atoms with Crippen molar-refractivity contribution in [1.29, 1.82) is 0 Å². The normalized spacial score (nSPS) is 11.7. The number of esters is 1. The van der Waals surface area contributed by atoms with Crippen molar-refractivity contribution in [3.8, 4) is 0 Å². The number of thioether (sulfide) groups is 1. The lowest BCUT2D eigenvalue weighted by Crippen LogP contribution is -2.24. The summed E-state index contributed by atoms with van der Waals surface area (Å²) in [5.41, 5.74) is -0.912. The summed E-state index contributed by atoms with van der Waals surface area (Å²) in [6.07, 6.45) is -0.228. The van der Waals surface area contributed by atoms with Crippen LogP contribution in [0.25, 0.3) is 0 Å². The van der Waals surface area contributed by atoms with Gasteiger partial charge >= 0.3 is 5.97 Å². The van der Waals surface area contributed by atoms with Gasteiger partial charge in [-0.2, -0.15) is 0 Å². The van der Waals surface area contributed by atoms with Crippen LogP contribution in [0.1, 0.15) is 12.6 Å². The number of hydrogen-bond acceptors (Lipinski definition) is 6. The summed E-state index contributed by atoms with van der Waals surface area (Å²) in [6, 6.07) is 2.68. The van der Waals surface area contributed by atoms with Crippen molar-refractivity contribution in [2.45, 2.75) is 23.8 Å². The highest BCUT2D eigenvalue weighted by molar-refractivity contribution is 8.00. The van der Waals surface area contributed by atoms with Crippen molar-refractivity contribution in [1.82, 2.24) is 9.97 Å². The molecule has 0 unspecified atom stereocenters. The standard InChI is InChI=1S/C16H14F3N3O4S/c1-7(15(25)21-10-4-3-9(17)13(18)14(10)19)27-16-20-8(5-11(23)22-16)6-12(24)26-2/h3-5,7H,6H2,1-2H3,(H,21,25)(H,20,22,23)/t7-/m1/s1. The Kier molecular flexibility index (Phi) is 6.61. The number of rotatable bonds is 6. The van der Waals surface area contributed by atoms with Crippen molar-refractivity contribution in [3.05, 3.63) is 51.7 Å². The van der Waals surface area contributed by atoms with Gasteiger partial charge < -0.3 is 15.0 Å². The van der Waals surface area contributed by atoms with Crippen molar-refractivity contribution >= 4 is 29.3 Å². The van der Waals surface area contributed by atoms with Gasteiger partial charge in [-0.05, 0) is 19.1 Å². The van der Waals surface area contributed by atoms with Gasteiger partial charge in [-0.3, -0.25) is 14.4 Å². The quantitative estimate of drug-likeness (QED) is 0.332. The number of aromatic amines is 1. The number of nitrogens with zero attached hydrogens (tertiary/aromatic N) is 1. The smallest absolute Gasteiger partial charge is 0.311 e. The van der Waals surface area contributed by atoms with E-state index in [0.717, 1.165) is 23.9 Å². The molecule has 144 valence electrons. The van der Waals surface area contributed by atoms with Gasteiger partial charge in [0.1, 0.15) is 0 Å². The fourth-order valence-corrected chi connectivity index (χ4v) is 2.76. The first kappa shape index (κ1) is 20.5. The number of aromatic nitrogens is 2. The third-order valence-electron chi connectivity index (χ3n) is 3.28. The third-order valence-corrected chi connectivity index (χ3v) is 4.26. The van der Waals surface area contributed by atoms with Gasteiger partial charge in [-0.15, -0.1) is 0 Å². The van der Waals surface area contributed by atoms with E-state index in [4.69, 9.17) is 0 Å². The Morgan fingerprint density at radius 3 is 2.67 bits per heavy atom. The van der Waals surface area contributed by atoms with E-state index in [-0.39, 0.29) is 17.3 Å². The van der Waals surface area contributed by atoms with E-state index in [0.29, 0.717) is 6.07 Å². The second-order valence-corrected chi connectivity index (χ2v) is 6.60. The van der Waals surface area contributed by atoms with Crippen LogP contribution in [-0.2, 0) is 20.7 Å². The average Bonchev–Trinajstić information content (AvgIpc) is 2.61. The lowest BCUT2D eigenvalue weighted by Gasteiger charge is -2.12. The van der Waals surface area contributed by atoms with Gasteiger partial charge in [-0.1, -0.05) is 11.8 Å². The van der Waals surface area contributed by atoms with Crippen LogP contribution < -0.4 is 10.9 Å². The van der Waals surface area contributed by atoms with E-state index in [1.807, 2.05) is 0 Å². The van der Waals surface area contributed by atoms with E-state index in [1.165, 1.54) is 14.0 Å². The topological polar surface area (TPSA) is 101 Å². The molecule has 0 spiro atoms. The molecule has 27 heavy (non-hydrogen) atoms. The molecule has 1 atom stereocenters. The van der Waals surface area contributed by atoms with Crippen molar-refractivity contribution in [2.24, 2.45) is 0 Å². The number of ether oxygens (including phenoxy) is 1. The molecule has 0 aliphatic carbocycles. The largest absolute Gasteiger partial charge is 0.469 e. The molecule has 1 aromatic carbocycles. The minimum atomic E-state index is -1.70. The molecule has 2 N–H and O–H groups in total. The van der Waals surface area contributed by atoms with Crippen LogP contribution in [-0.4, -0.2) is 34.2 Å². The SMILES string of the molecule is COC(=O)Cc1cc(=O)[nH]c(S[C@H](C)C(=O)Nc2ccc(F)c(F)c2F)n1. The van der Waals surface area contributed by atoms with Crippen molar-refractivity contribution in [2.75, 3.05) is 12.4 Å². The molecule has 1 aromatic heterocycles. The Bertz CT molecular complexity index is 936. The third kappa shape index (κ3) is 5.33. The van der Waals surface area contributed by atoms with E-state index in [2.05, 4.69) is 20.0 Å². The van der Waals surface area contributed by atoms with Gasteiger partial charge in [0.2, 0.25) is 5.91 Å². The Hall–Kier alpha value is -2.82. The van der Waals surface area contributed by atoms with Crippen LogP contribution in [0.3, 0.4) is 0 Å². The molecule has 0 fully saturated rings. The van der Waals surface area contributed by atoms with E-state index in [1.54, 1.807) is 0 Å². The summed E-state index contributed by atoms with van der Waals surface area (Å²) in [7, 11) is 1.19. The number of halogens is 3. The zero-order valence-electron chi connectivity index (χ0n) is 14.1. The highest BCUT2D eigenvalue weighted by Crippen LogP contribution is 2.23. The number of H-pyrrole nitrogens is 1. The fraction of sp³-hybridized carbons (Fsp3) is 0.250. The monoisotopic (exact) mass is 401 g/mol. The van der Waals surface area contributed by atoms with E-state index < -0.39 is 45.8 Å². The molecule has 0 radical (unpaired) electrons. The maximum Gasteiger partial charge on any atom is 0.311 e. The Labute approximate surface area is 155 Å². The summed E-state index contributed by atoms with van der Waals surface area (Å²) in [5.74, 6) is -5.92. The Balaban J connectivity index is 2.11. The van der Waals surface area contributed by atoms with Crippen molar-refractivity contribution in [3.63, 3.8) is 0 Å². The highest BCUT2D eigenvalue weighted by atomic mass is 32.2. The minimum Gasteiger partial charge on any atom is -0.469 e. The lowest BCUT2D eigenvalue weighted by atomic mass is 10.2. The summed E-state index contributed by atoms with van der Waals surface area (Å²) in [5, 5.41) is 1.30. The maximum atomic E-state index is 13.6. The molecule has 1 heterocycles. The maximum absolute atomic E-state index is 13.6. The van der Waals surface area contributed by atoms with Gasteiger partial charge in [0.25, 0.3) is 5.56 Å². The van der Waals surface area contributed by atoms with Crippen LogP contribution in [0.5, 0.6) is 0 Å². The molecule has 0 aliphatic rings. The van der Waals surface area contributed by atoms with Gasteiger partial charge in [0, 0.05) is 6.07 Å². The van der Waals surface area contributed by atoms with Crippen LogP contribution in [0.15, 0.2) is 28.2 Å². The molecular weight excluding hydrogens is 387 g/mol. The van der Waals surface area contributed by atoms with Crippen LogP contribution >= 0.6 is 11.8 Å². The van der Waals surface area contributed by atoms with Crippen LogP contribution in [0, 0.1) is 17.5 Å². The molecule has 0 aliphatic heterocycles. The molecule has 0 saturated carbocycles. The first-order valence-corrected chi connectivity index (χ1v) is 8.37. The predicted octanol–water partition coefficient (Wildman–Crippen LogP) is 2.02. The number of carbonyl (C=O) groups is 2. The average molecular weight is 401 g/mol. The molecule has 11 heteroatoms. The number of nitrogens with one attached hydrogen (secondary N) is 2. The van der Waals surface area contributed by atoms with E-state index >= 15 is 0 Å². The number of hydrogen-bond donors (Lipinski definition) is 2. The summed E-state index contributed by atoms with van der Waals surface area (Å²) < 4.78 is 44.3. The summed E-state index contributed by atoms with van der Waals surface area (Å²) in [4.78, 5) is 41.5. The van der Waals surface area contributed by atoms with Gasteiger partial charge in [-0.25, -0.2) is 18.2 Å². The highest BCUT2D eigenvalue weighted by Gasteiger charge is 2.20. The molecule has 2 rings (SSSR count). The summed E-state index contributed by atoms with van der Waals surface area (Å²) in [6.45, 7) is 1.44. The lowest BCUT2D eigenvalue weighted by molar-refractivity contribution is -0.139. The summed E-state index contributed by atoms with van der Waals surface area (Å²) >= 11 is 0.826. The molecule has 2 aromatic rings. The predicted molar refractivity (Wildman–Crippen MR) is 90.8 cm³/mol. The number of amides is 1. The Morgan fingerprint density at radius 1 is 1.30 bits per heavy atom. The number of anilines is 1. The first-order valence-electron chi connectivity index (χ1n) is 7.49. The molecule has 7 nitrogen and oxygen atoms in total. The molecule has 1 amide bonds. The second kappa shape index (κ2) is 8.71. The zero-order valence-corrected chi connectivity index (χ0v) is 15.0. The molecule has 0 bridgehead atoms. The van der Waals surface area contributed by atoms with Crippen LogP contribution in [0.4, 0.5) is 18.9 Å². The molecule has 0 saturated heterocycles. The fourth-order valence-electron chi connectivity index (χ4n) is 1.93. The zero-order chi connectivity index (χ0) is 20.1. The van der Waals surface area contributed by atoms with E-state index in [9.17, 15) is 27.6 Å². The molecular formula is C16H14F3N3O4S. The number of benzene rings is 1. The minimum absolute atomic E-state index is 0.0508. The number of methoxy groups -OCH3 is 1. The first-order chi connectivity index (χ1) is 12.7. The van der Waals surface area contributed by atoms with Crippen molar-refractivity contribution < 1.29 is 27.5 Å². The van der Waals surface area contributed by atoms with Crippen LogP contribution in [0.2, 0.25) is 0 Å². The Morgan fingerprint density at radius 2 is 2.00 bits per heavy atom. The van der Waals surface area contributed by atoms with Gasteiger partial charge in [0.15, 0.2) is 22.6 Å². The number of carbonyl (C=O) groups excluding carboxylic acids is 2. The second-order valence-electron chi connectivity index (χ2n) is 5.27.